The largest absolute Gasteiger partial charge is 0.394 e. The summed E-state index contributed by atoms with van der Waals surface area (Å²) in [6.07, 6.45) is 13.1. The number of rotatable bonds is 11. The molecule has 0 spiro atoms. The molecule has 2 atom stereocenters. The van der Waals surface area contributed by atoms with Crippen molar-refractivity contribution in [3.05, 3.63) is 0 Å². The van der Waals surface area contributed by atoms with Crippen LogP contribution in [0.3, 0.4) is 0 Å². The van der Waals surface area contributed by atoms with Crippen molar-refractivity contribution in [2.45, 2.75) is 82.2 Å². The maximum atomic E-state index is 8.74. The van der Waals surface area contributed by atoms with Gasteiger partial charge in [-0.2, -0.15) is 8.42 Å². The van der Waals surface area contributed by atoms with Crippen molar-refractivity contribution in [3.8, 4) is 0 Å². The Morgan fingerprint density at radius 1 is 0.952 bits per heavy atom. The Labute approximate surface area is 149 Å². The Bertz CT molecular complexity index is 299. The monoisotopic (exact) mass is 332 g/mol. The summed E-state index contributed by atoms with van der Waals surface area (Å²) in [6.45, 7) is 7.10. The van der Waals surface area contributed by atoms with Crippen LogP contribution in [-0.2, 0) is 10.4 Å². The van der Waals surface area contributed by atoms with E-state index in [2.05, 4.69) is 20.8 Å². The summed E-state index contributed by atoms with van der Waals surface area (Å²) in [5.74, 6) is 2.03. The van der Waals surface area contributed by atoms with Gasteiger partial charge in [0.15, 0.2) is 0 Å². The van der Waals surface area contributed by atoms with Gasteiger partial charge in [0.25, 0.3) is 0 Å². The van der Waals surface area contributed by atoms with Crippen molar-refractivity contribution in [1.29, 1.82) is 0 Å². The molecule has 0 fully saturated rings. The van der Waals surface area contributed by atoms with Gasteiger partial charge in [0, 0.05) is 0 Å². The Morgan fingerprint density at radius 2 is 1.38 bits per heavy atom. The minimum absolute atomic E-state index is 1.01. The van der Waals surface area contributed by atoms with E-state index in [9.17, 15) is 0 Å². The molecule has 0 aliphatic heterocycles. The third-order valence-corrected chi connectivity index (χ3v) is 5.44. The predicted molar refractivity (Wildman–Crippen MR) is 90.3 cm³/mol. The molecule has 2 unspecified atom stereocenters. The summed E-state index contributed by atoms with van der Waals surface area (Å²) < 4.78 is 33.1. The molecule has 0 aliphatic rings. The van der Waals surface area contributed by atoms with Gasteiger partial charge in [-0.15, -0.1) is 0 Å². The molecular weight excluding hydrogens is 299 g/mol. The molecule has 0 saturated heterocycles. The van der Waals surface area contributed by atoms with Crippen LogP contribution >= 0.6 is 0 Å². The van der Waals surface area contributed by atoms with Crippen LogP contribution in [0.1, 0.15) is 78.6 Å². The van der Waals surface area contributed by atoms with Gasteiger partial charge in [-0.3, -0.25) is 9.11 Å². The number of hydrogen-bond acceptors (Lipinski definition) is 2. The van der Waals surface area contributed by atoms with Gasteiger partial charge in [0.05, 0.1) is 0 Å². The smallest absolute Gasteiger partial charge is 0.264 e. The average Bonchev–Trinajstić information content (AvgIpc) is 2.39. The van der Waals surface area contributed by atoms with Gasteiger partial charge in [-0.25, -0.2) is 0 Å². The minimum Gasteiger partial charge on any atom is -0.264 e. The fourth-order valence-corrected chi connectivity index (χ4v) is 2.77. The van der Waals surface area contributed by atoms with Gasteiger partial charge in [0.1, 0.15) is 0 Å². The molecule has 6 heteroatoms. The Kier molecular flexibility index (Phi) is 18.1. The standard InChI is InChI=1S/C15H31.Na.H2O4S/c1-5-7-8-12-15(6-2)13-10-9-11-14(3)4;;1-5(2,3)4/h14-15H,3,5-13H2,1-2,4H3;;(H2,1,2,3,4). The summed E-state index contributed by atoms with van der Waals surface area (Å²) in [6, 6.07) is 0. The molecule has 0 bridgehead atoms. The van der Waals surface area contributed by atoms with Crippen molar-refractivity contribution in [3.63, 3.8) is 0 Å². The quantitative estimate of drug-likeness (QED) is 0.326. The van der Waals surface area contributed by atoms with Crippen LogP contribution in [0.25, 0.3) is 0 Å². The Balaban J connectivity index is 0. The molecule has 124 valence electrons. The molecule has 0 aromatic carbocycles. The zero-order valence-electron chi connectivity index (χ0n) is 14.3. The first-order valence-electron chi connectivity index (χ1n) is 8.44. The molecule has 0 rings (SSSR count). The molecule has 0 amide bonds. The number of hydrogen-bond donors (Lipinski definition) is 2. The topological polar surface area (TPSA) is 74.6 Å². The Hall–Kier alpha value is 0.870. The van der Waals surface area contributed by atoms with Crippen LogP contribution in [0.2, 0.25) is 3.67 Å². The third kappa shape index (κ3) is 26.1. The number of unbranched alkanes of at least 4 members (excludes halogenated alkanes) is 3. The van der Waals surface area contributed by atoms with Crippen molar-refractivity contribution in [2.24, 2.45) is 11.8 Å². The van der Waals surface area contributed by atoms with Crippen molar-refractivity contribution < 1.29 is 17.5 Å². The molecule has 21 heavy (non-hydrogen) atoms. The van der Waals surface area contributed by atoms with Gasteiger partial charge >= 0.3 is 132 Å². The summed E-state index contributed by atoms with van der Waals surface area (Å²) in [5, 5.41) is 0. The first kappa shape index (κ1) is 24.1. The van der Waals surface area contributed by atoms with Crippen LogP contribution in [0, 0.1) is 11.8 Å². The second kappa shape index (κ2) is 15.8. The fraction of sp³-hybridized carbons (Fsp3) is 1.00. The zero-order chi connectivity index (χ0) is 16.7. The molecule has 0 heterocycles. The molecule has 0 radical (unpaired) electrons. The summed E-state index contributed by atoms with van der Waals surface area (Å²) in [4.78, 5) is 0. The maximum Gasteiger partial charge on any atom is 0.394 e. The first-order chi connectivity index (χ1) is 9.74. The fourth-order valence-electron chi connectivity index (χ4n) is 2.37. The van der Waals surface area contributed by atoms with Gasteiger partial charge < -0.3 is 0 Å². The summed E-state index contributed by atoms with van der Waals surface area (Å²) in [5.41, 5.74) is 0. The van der Waals surface area contributed by atoms with Crippen LogP contribution in [0.15, 0.2) is 0 Å². The first-order valence-corrected chi connectivity index (χ1v) is 11.2. The van der Waals surface area contributed by atoms with E-state index < -0.39 is 10.4 Å². The SMILES string of the molecule is CCCCCC(CC)CCCCC(C)[CH2][Na].O=S(=O)(O)O. The second-order valence-corrected chi connectivity index (χ2v) is 7.73. The predicted octanol–water partition coefficient (Wildman–Crippen LogP) is 4.72. The van der Waals surface area contributed by atoms with Crippen molar-refractivity contribution >= 4 is 38.3 Å². The molecule has 0 saturated carbocycles. The van der Waals surface area contributed by atoms with Crippen molar-refractivity contribution in [2.75, 3.05) is 0 Å². The molecule has 0 aliphatic carbocycles. The minimum atomic E-state index is -4.67. The normalized spacial score (nSPS) is 14.2. The van der Waals surface area contributed by atoms with Crippen LogP contribution in [0.5, 0.6) is 0 Å². The summed E-state index contributed by atoms with van der Waals surface area (Å²) in [7, 11) is -4.67. The molecular formula is C15H33NaO4S. The molecule has 0 aromatic heterocycles. The second-order valence-electron chi connectivity index (χ2n) is 6.02. The van der Waals surface area contributed by atoms with E-state index in [0.29, 0.717) is 0 Å². The molecule has 0 aromatic rings. The van der Waals surface area contributed by atoms with Crippen LogP contribution < -0.4 is 0 Å². The maximum absolute atomic E-state index is 8.74. The van der Waals surface area contributed by atoms with E-state index in [1.807, 2.05) is 0 Å². The summed E-state index contributed by atoms with van der Waals surface area (Å²) >= 11 is 1.39. The van der Waals surface area contributed by atoms with E-state index in [-0.39, 0.29) is 0 Å². The van der Waals surface area contributed by atoms with Gasteiger partial charge in [-0.05, 0) is 0 Å². The molecule has 4 nitrogen and oxygen atoms in total. The van der Waals surface area contributed by atoms with Crippen LogP contribution in [0.4, 0.5) is 0 Å². The zero-order valence-corrected chi connectivity index (χ0v) is 17.2. The van der Waals surface area contributed by atoms with E-state index in [4.69, 9.17) is 17.5 Å². The van der Waals surface area contributed by atoms with E-state index in [0.717, 1.165) is 11.8 Å². The average molecular weight is 332 g/mol. The van der Waals surface area contributed by atoms with Gasteiger partial charge in [0.2, 0.25) is 0 Å². The van der Waals surface area contributed by atoms with E-state index >= 15 is 0 Å². The van der Waals surface area contributed by atoms with Crippen LogP contribution in [-0.4, -0.2) is 45.5 Å². The van der Waals surface area contributed by atoms with E-state index in [1.54, 1.807) is 0 Å². The van der Waals surface area contributed by atoms with E-state index in [1.165, 1.54) is 89.4 Å². The van der Waals surface area contributed by atoms with Gasteiger partial charge in [-0.1, -0.05) is 0 Å². The molecule has 2 N–H and O–H groups in total. The van der Waals surface area contributed by atoms with Crippen molar-refractivity contribution in [1.82, 2.24) is 0 Å². The Morgan fingerprint density at radius 3 is 1.76 bits per heavy atom. The third-order valence-electron chi connectivity index (χ3n) is 4.05.